The van der Waals surface area contributed by atoms with Crippen LogP contribution in [0.5, 0.6) is 5.75 Å². The van der Waals surface area contributed by atoms with Crippen molar-refractivity contribution in [2.45, 2.75) is 12.5 Å². The molecule has 174 valence electrons. The molecule has 0 spiro atoms. The van der Waals surface area contributed by atoms with Crippen molar-refractivity contribution >= 4 is 29.4 Å². The average Bonchev–Trinajstić information content (AvgIpc) is 3.38. The van der Waals surface area contributed by atoms with E-state index in [1.807, 2.05) is 0 Å². The maximum Gasteiger partial charge on any atom is 0.573 e. The first-order valence-corrected chi connectivity index (χ1v) is 9.90. The predicted molar refractivity (Wildman–Crippen MR) is 113 cm³/mol. The van der Waals surface area contributed by atoms with Gasteiger partial charge in [0.1, 0.15) is 22.7 Å². The summed E-state index contributed by atoms with van der Waals surface area (Å²) in [7, 11) is 1.74. The number of hydrogen-bond acceptors (Lipinski definition) is 8. The summed E-state index contributed by atoms with van der Waals surface area (Å²) in [6.45, 7) is 0. The van der Waals surface area contributed by atoms with Crippen LogP contribution in [0.1, 0.15) is 17.5 Å². The van der Waals surface area contributed by atoms with Gasteiger partial charge < -0.3 is 30.8 Å². The minimum absolute atomic E-state index is 0. The fraction of sp³-hybridized carbons (Fsp3) is 0.150. The standard InChI is InChI=1S/C20H12ClF3N5O3S.U/c1-29-9-14(26-18(29)16(30-10-33)12-6-7-25-15(21)8-12)19-27-17(28-32-19)11-2-4-13(5-3-11)31-20(22,23)24;/h2-9,16H,1H3;/q-1;. The summed E-state index contributed by atoms with van der Waals surface area (Å²) in [6, 6.07) is 8.39. The molecule has 0 bridgehead atoms. The van der Waals surface area contributed by atoms with Crippen LogP contribution in [0.4, 0.5) is 13.2 Å². The van der Waals surface area contributed by atoms with E-state index < -0.39 is 12.5 Å². The maximum atomic E-state index is 12.3. The Hall–Kier alpha value is -2.46. The first kappa shape index (κ1) is 26.2. The molecular weight excluding hydrogens is 721 g/mol. The Bertz CT molecular complexity index is 1280. The molecule has 3 heterocycles. The number of halogens is 4. The van der Waals surface area contributed by atoms with E-state index in [0.717, 1.165) is 12.1 Å². The second-order valence-electron chi connectivity index (χ2n) is 6.58. The van der Waals surface area contributed by atoms with Crippen LogP contribution in [0.15, 0.2) is 53.3 Å². The van der Waals surface area contributed by atoms with Gasteiger partial charge in [0.2, 0.25) is 5.82 Å². The Morgan fingerprint density at radius 2 is 1.91 bits per heavy atom. The minimum Gasteiger partial charge on any atom is -0.672 e. The van der Waals surface area contributed by atoms with Crippen molar-refractivity contribution in [2.24, 2.45) is 7.05 Å². The molecule has 1 atom stereocenters. The number of ether oxygens (including phenoxy) is 2. The van der Waals surface area contributed by atoms with Gasteiger partial charge in [-0.25, -0.2) is 15.5 Å². The zero-order valence-electron chi connectivity index (χ0n) is 17.1. The molecule has 0 saturated heterocycles. The Balaban J connectivity index is 0.00000324. The molecule has 0 amide bonds. The van der Waals surface area contributed by atoms with E-state index in [1.54, 1.807) is 29.9 Å². The number of benzene rings is 1. The number of pyridine rings is 1. The van der Waals surface area contributed by atoms with Crippen LogP contribution < -0.4 is 4.74 Å². The van der Waals surface area contributed by atoms with Crippen molar-refractivity contribution < 1.29 is 58.3 Å². The van der Waals surface area contributed by atoms with Crippen LogP contribution in [-0.2, 0) is 11.8 Å². The van der Waals surface area contributed by atoms with Gasteiger partial charge in [0.15, 0.2) is 5.82 Å². The molecule has 0 radical (unpaired) electrons. The van der Waals surface area contributed by atoms with Gasteiger partial charge in [0.25, 0.3) is 5.89 Å². The SMILES string of the molecule is Cn1cc(-c2nc(-c3ccc(OC(F)(F)F)cc3)no2)nc1C(O[C-]=S)c1ccnc(Cl)c1.[U]. The molecule has 0 aliphatic heterocycles. The third-order valence-electron chi connectivity index (χ3n) is 4.36. The Kier molecular flexibility index (Phi) is 8.35. The third kappa shape index (κ3) is 6.15. The fourth-order valence-electron chi connectivity index (χ4n) is 2.98. The van der Waals surface area contributed by atoms with Crippen molar-refractivity contribution in [3.8, 4) is 28.7 Å². The Morgan fingerprint density at radius 1 is 1.18 bits per heavy atom. The molecule has 34 heavy (non-hydrogen) atoms. The summed E-state index contributed by atoms with van der Waals surface area (Å²) in [6.07, 6.45) is -2.32. The summed E-state index contributed by atoms with van der Waals surface area (Å²) in [4.78, 5) is 12.7. The van der Waals surface area contributed by atoms with Crippen LogP contribution >= 0.6 is 23.8 Å². The van der Waals surface area contributed by atoms with Gasteiger partial charge >= 0.3 is 6.36 Å². The molecule has 3 aromatic heterocycles. The number of nitrogens with zero attached hydrogens (tertiary/aromatic N) is 5. The zero-order valence-corrected chi connectivity index (χ0v) is 22.8. The van der Waals surface area contributed by atoms with Crippen LogP contribution in [-0.4, -0.2) is 36.6 Å². The summed E-state index contributed by atoms with van der Waals surface area (Å²) in [5, 5.41) is 4.14. The Labute approximate surface area is 224 Å². The van der Waals surface area contributed by atoms with E-state index in [1.165, 1.54) is 18.3 Å². The number of thiocarbonyl (C=S) groups is 1. The molecule has 1 unspecified atom stereocenters. The molecule has 0 N–H and O–H groups in total. The largest absolute Gasteiger partial charge is 0.672 e. The van der Waals surface area contributed by atoms with E-state index in [0.29, 0.717) is 22.6 Å². The minimum atomic E-state index is -4.78. The smallest absolute Gasteiger partial charge is 0.573 e. The fourth-order valence-corrected chi connectivity index (χ4v) is 3.25. The molecular formula is C20H12ClF3N5O3SU-. The number of aromatic nitrogens is 5. The van der Waals surface area contributed by atoms with Crippen molar-refractivity contribution in [3.05, 3.63) is 65.3 Å². The number of rotatable bonds is 7. The van der Waals surface area contributed by atoms with Gasteiger partial charge in [-0.3, -0.25) is 0 Å². The van der Waals surface area contributed by atoms with Gasteiger partial charge in [-0.15, -0.1) is 13.2 Å². The Morgan fingerprint density at radius 3 is 2.56 bits per heavy atom. The topological polar surface area (TPSA) is 88.1 Å². The second kappa shape index (κ2) is 10.9. The molecule has 0 aliphatic carbocycles. The van der Waals surface area contributed by atoms with Crippen molar-refractivity contribution in [1.82, 2.24) is 24.7 Å². The summed E-state index contributed by atoms with van der Waals surface area (Å²) in [5.41, 5.74) is 3.67. The van der Waals surface area contributed by atoms with Gasteiger partial charge in [-0.2, -0.15) is 4.98 Å². The van der Waals surface area contributed by atoms with E-state index in [9.17, 15) is 13.2 Å². The molecule has 4 rings (SSSR count). The summed E-state index contributed by atoms with van der Waals surface area (Å²) >= 11 is 10.7. The van der Waals surface area contributed by atoms with Gasteiger partial charge in [-0.05, 0) is 36.4 Å². The molecule has 8 nitrogen and oxygen atoms in total. The van der Waals surface area contributed by atoms with Gasteiger partial charge in [-0.1, -0.05) is 16.8 Å². The van der Waals surface area contributed by atoms with E-state index in [-0.39, 0.29) is 53.7 Å². The van der Waals surface area contributed by atoms with Crippen LogP contribution in [0.2, 0.25) is 5.15 Å². The third-order valence-corrected chi connectivity index (χ3v) is 4.66. The van der Waals surface area contributed by atoms with Crippen molar-refractivity contribution in [1.29, 1.82) is 0 Å². The molecule has 1 aromatic carbocycles. The maximum absolute atomic E-state index is 12.3. The summed E-state index contributed by atoms with van der Waals surface area (Å²) in [5.74, 6) is 0.358. The number of imidazole rings is 1. The van der Waals surface area contributed by atoms with E-state index >= 15 is 0 Å². The van der Waals surface area contributed by atoms with Crippen LogP contribution in [0.3, 0.4) is 0 Å². The number of aryl methyl sites for hydroxylation is 1. The van der Waals surface area contributed by atoms with Crippen LogP contribution in [0, 0.1) is 31.1 Å². The van der Waals surface area contributed by atoms with Crippen LogP contribution in [0.25, 0.3) is 23.0 Å². The molecule has 4 aromatic rings. The van der Waals surface area contributed by atoms with Gasteiger partial charge in [0, 0.05) is 61.7 Å². The predicted octanol–water partition coefficient (Wildman–Crippen LogP) is 5.02. The van der Waals surface area contributed by atoms with E-state index in [4.69, 9.17) is 33.1 Å². The van der Waals surface area contributed by atoms with Crippen molar-refractivity contribution in [3.63, 3.8) is 0 Å². The second-order valence-corrected chi connectivity index (χ2v) is 7.14. The summed E-state index contributed by atoms with van der Waals surface area (Å²) < 4.78 is 53.3. The first-order valence-electron chi connectivity index (χ1n) is 9.11. The monoisotopic (exact) mass is 732 g/mol. The van der Waals surface area contributed by atoms with Gasteiger partial charge in [0.05, 0.1) is 0 Å². The van der Waals surface area contributed by atoms with Crippen molar-refractivity contribution in [2.75, 3.05) is 0 Å². The first-order chi connectivity index (χ1) is 15.7. The molecule has 0 fully saturated rings. The normalized spacial score (nSPS) is 12.0. The molecule has 14 heteroatoms. The average molecular weight is 733 g/mol. The quantitative estimate of drug-likeness (QED) is 0.149. The molecule has 0 saturated carbocycles. The zero-order chi connectivity index (χ0) is 23.6. The molecule has 0 aliphatic rings. The number of alkyl halides is 3. The van der Waals surface area contributed by atoms with E-state index in [2.05, 4.69) is 30.4 Å². The number of hydrogen-bond donors (Lipinski definition) is 0.